The number of nitrogens with one attached hydrogen (secondary N) is 2. The van der Waals surface area contributed by atoms with E-state index in [2.05, 4.69) is 28.1 Å². The molecule has 3 atom stereocenters. The lowest BCUT2D eigenvalue weighted by atomic mass is 9.95. The Kier molecular flexibility index (Phi) is 12.1. The Hall–Kier alpha value is -4.15. The van der Waals surface area contributed by atoms with Crippen LogP contribution < -0.4 is 28.0 Å². The molecule has 0 bridgehead atoms. The number of benzene rings is 1. The normalized spacial score (nSPS) is 16.6. The minimum Gasteiger partial charge on any atom is -0.464 e. The number of guanidine groups is 1. The molecule has 14 nitrogen and oxygen atoms in total. The van der Waals surface area contributed by atoms with E-state index in [0.717, 1.165) is 0 Å². The summed E-state index contributed by atoms with van der Waals surface area (Å²) in [5, 5.41) is 11.6. The van der Waals surface area contributed by atoms with Crippen LogP contribution in [0.4, 0.5) is 0 Å². The van der Waals surface area contributed by atoms with E-state index < -0.39 is 62.9 Å². The van der Waals surface area contributed by atoms with Gasteiger partial charge in [-0.1, -0.05) is 18.1 Å². The highest BCUT2D eigenvalue weighted by atomic mass is 32.2. The van der Waals surface area contributed by atoms with Gasteiger partial charge in [0.1, 0.15) is 24.3 Å². The van der Waals surface area contributed by atoms with Crippen LogP contribution in [0, 0.1) is 24.2 Å². The number of nitrogens with zero attached hydrogens (tertiary/aromatic N) is 1. The SMILES string of the molecule is C#CC#CCCOC(=O)[C@@H](N)CCCC(N=C(N)N)c1ccc(C(=O)NC(C(=O)NO)C2(OC)CS(=O)(=O)C2)cc1. The maximum absolute atomic E-state index is 12.9. The number of amides is 2. The van der Waals surface area contributed by atoms with E-state index in [9.17, 15) is 22.8 Å². The van der Waals surface area contributed by atoms with Gasteiger partial charge in [0.25, 0.3) is 11.8 Å². The molecule has 0 aliphatic carbocycles. The van der Waals surface area contributed by atoms with Crippen LogP contribution in [0.1, 0.15) is 47.6 Å². The number of hydrogen-bond acceptors (Lipinski definition) is 10. The number of carbonyl (C=O) groups is 3. The minimum atomic E-state index is -3.45. The van der Waals surface area contributed by atoms with Crippen LogP contribution in [-0.2, 0) is 28.9 Å². The molecule has 15 heteroatoms. The average molecular weight is 591 g/mol. The van der Waals surface area contributed by atoms with E-state index in [4.69, 9.17) is 38.3 Å². The van der Waals surface area contributed by atoms with Gasteiger partial charge in [-0.2, -0.15) is 0 Å². The number of aliphatic imine (C=N–C) groups is 1. The first-order chi connectivity index (χ1) is 19.4. The van der Waals surface area contributed by atoms with Crippen molar-refractivity contribution in [2.24, 2.45) is 22.2 Å². The smallest absolute Gasteiger partial charge is 0.322 e. The van der Waals surface area contributed by atoms with Crippen molar-refractivity contribution in [2.45, 2.75) is 49.4 Å². The van der Waals surface area contributed by atoms with Crippen molar-refractivity contribution < 1.29 is 37.5 Å². The molecule has 2 amide bonds. The third kappa shape index (κ3) is 9.47. The zero-order valence-corrected chi connectivity index (χ0v) is 23.3. The van der Waals surface area contributed by atoms with Gasteiger partial charge in [0, 0.05) is 19.1 Å². The molecule has 9 N–H and O–H groups in total. The first-order valence-electron chi connectivity index (χ1n) is 12.4. The number of nitrogens with two attached hydrogens (primary N) is 3. The maximum Gasteiger partial charge on any atom is 0.322 e. The molecule has 1 aromatic carbocycles. The van der Waals surface area contributed by atoms with E-state index in [0.29, 0.717) is 31.2 Å². The molecule has 1 aliphatic rings. The largest absolute Gasteiger partial charge is 0.464 e. The molecule has 222 valence electrons. The lowest BCUT2D eigenvalue weighted by Crippen LogP contribution is -2.71. The van der Waals surface area contributed by atoms with Crippen molar-refractivity contribution >= 4 is 33.6 Å². The van der Waals surface area contributed by atoms with E-state index in [1.807, 2.05) is 0 Å². The number of esters is 1. The summed E-state index contributed by atoms with van der Waals surface area (Å²) in [4.78, 5) is 41.5. The van der Waals surface area contributed by atoms with Crippen molar-refractivity contribution in [1.82, 2.24) is 10.8 Å². The standard InChI is InChI=1S/C26H34N6O8S/c1-3-4-5-6-14-40-24(35)19(27)8-7-9-20(30-25(28)29)17-10-12-18(13-11-17)22(33)31-21(23(34)32-36)26(39-2)15-41(37,38)16-26/h1,10-13,19-21,36H,6-9,14-16,27H2,2H3,(H,31,33)(H,32,34)(H4,28,29,30)/t19-,20?,21?/m0/s1. The van der Waals surface area contributed by atoms with Crippen LogP contribution in [0.25, 0.3) is 0 Å². The molecule has 0 aromatic heterocycles. The number of ether oxygens (including phenoxy) is 2. The van der Waals surface area contributed by atoms with Gasteiger partial charge < -0.3 is 32.0 Å². The lowest BCUT2D eigenvalue weighted by molar-refractivity contribution is -0.145. The van der Waals surface area contributed by atoms with Crippen LogP contribution in [-0.4, -0.2) is 80.3 Å². The number of hydroxylamine groups is 1. The monoisotopic (exact) mass is 590 g/mol. The van der Waals surface area contributed by atoms with E-state index in [-0.39, 0.29) is 18.1 Å². The predicted octanol–water partition coefficient (Wildman–Crippen LogP) is -1.51. The summed E-state index contributed by atoms with van der Waals surface area (Å²) in [6, 6.07) is 3.32. The van der Waals surface area contributed by atoms with Crippen LogP contribution in [0.15, 0.2) is 29.3 Å². The van der Waals surface area contributed by atoms with Crippen molar-refractivity contribution in [3.8, 4) is 24.2 Å². The van der Waals surface area contributed by atoms with Gasteiger partial charge in [0.2, 0.25) is 0 Å². The number of sulfone groups is 1. The highest BCUT2D eigenvalue weighted by Crippen LogP contribution is 2.31. The molecule has 0 radical (unpaired) electrons. The minimum absolute atomic E-state index is 0.0781. The van der Waals surface area contributed by atoms with Gasteiger partial charge in [-0.25, -0.2) is 18.9 Å². The van der Waals surface area contributed by atoms with Gasteiger partial charge in [-0.05, 0) is 48.8 Å². The van der Waals surface area contributed by atoms with Gasteiger partial charge >= 0.3 is 5.97 Å². The van der Waals surface area contributed by atoms with Gasteiger partial charge in [-0.15, -0.1) is 6.42 Å². The summed E-state index contributed by atoms with van der Waals surface area (Å²) in [6.07, 6.45) is 6.51. The molecule has 41 heavy (non-hydrogen) atoms. The Balaban J connectivity index is 2.04. The molecular formula is C26H34N6O8S. The number of hydrogen-bond donors (Lipinski definition) is 6. The Labute approximate surface area is 238 Å². The average Bonchev–Trinajstić information content (AvgIpc) is 2.92. The number of carbonyl (C=O) groups excluding carboxylic acids is 3. The Bertz CT molecular complexity index is 1330. The van der Waals surface area contributed by atoms with Crippen molar-refractivity contribution in [3.05, 3.63) is 35.4 Å². The maximum atomic E-state index is 12.9. The van der Waals surface area contributed by atoms with Crippen molar-refractivity contribution in [2.75, 3.05) is 25.2 Å². The Morgan fingerprint density at radius 1 is 1.20 bits per heavy atom. The second-order valence-electron chi connectivity index (χ2n) is 9.28. The van der Waals surface area contributed by atoms with Crippen LogP contribution >= 0.6 is 0 Å². The zero-order chi connectivity index (χ0) is 30.6. The molecule has 1 saturated heterocycles. The molecule has 1 fully saturated rings. The third-order valence-electron chi connectivity index (χ3n) is 6.30. The highest BCUT2D eigenvalue weighted by molar-refractivity contribution is 7.93. The Morgan fingerprint density at radius 3 is 2.39 bits per heavy atom. The summed E-state index contributed by atoms with van der Waals surface area (Å²) in [5.41, 5.74) is 17.8. The van der Waals surface area contributed by atoms with Crippen molar-refractivity contribution in [3.63, 3.8) is 0 Å². The second kappa shape index (κ2) is 15.0. The number of terminal acetylenes is 1. The molecule has 1 aliphatic heterocycles. The summed E-state index contributed by atoms with van der Waals surface area (Å²) in [7, 11) is -2.24. The van der Waals surface area contributed by atoms with Gasteiger partial charge in [0.15, 0.2) is 15.8 Å². The van der Waals surface area contributed by atoms with Gasteiger partial charge in [0.05, 0.1) is 17.5 Å². The Morgan fingerprint density at radius 2 is 1.85 bits per heavy atom. The molecule has 2 unspecified atom stereocenters. The summed E-state index contributed by atoms with van der Waals surface area (Å²) >= 11 is 0. The molecule has 0 spiro atoms. The first-order valence-corrected chi connectivity index (χ1v) is 14.2. The molecular weight excluding hydrogens is 556 g/mol. The fraction of sp³-hybridized carbons (Fsp3) is 0.462. The second-order valence-corrected chi connectivity index (χ2v) is 11.3. The zero-order valence-electron chi connectivity index (χ0n) is 22.5. The summed E-state index contributed by atoms with van der Waals surface area (Å²) in [5.74, 6) is 3.75. The number of methoxy groups -OCH3 is 1. The van der Waals surface area contributed by atoms with Crippen LogP contribution in [0.3, 0.4) is 0 Å². The van der Waals surface area contributed by atoms with E-state index in [1.54, 1.807) is 12.1 Å². The molecule has 1 aromatic rings. The highest BCUT2D eigenvalue weighted by Gasteiger charge is 2.57. The quantitative estimate of drug-likeness (QED) is 0.0277. The van der Waals surface area contributed by atoms with E-state index in [1.165, 1.54) is 24.7 Å². The molecule has 0 saturated carbocycles. The predicted molar refractivity (Wildman–Crippen MR) is 149 cm³/mol. The third-order valence-corrected chi connectivity index (χ3v) is 8.16. The van der Waals surface area contributed by atoms with E-state index >= 15 is 0 Å². The summed E-state index contributed by atoms with van der Waals surface area (Å²) in [6.45, 7) is 0.0781. The molecule has 2 rings (SSSR count). The van der Waals surface area contributed by atoms with Crippen LogP contribution in [0.5, 0.6) is 0 Å². The van der Waals surface area contributed by atoms with Gasteiger partial charge in [-0.3, -0.25) is 19.6 Å². The fourth-order valence-corrected chi connectivity index (χ4v) is 6.21. The fourth-order valence-electron chi connectivity index (χ4n) is 4.23. The van der Waals surface area contributed by atoms with Crippen LogP contribution in [0.2, 0.25) is 0 Å². The number of rotatable bonds is 14. The van der Waals surface area contributed by atoms with Crippen molar-refractivity contribution in [1.29, 1.82) is 0 Å². The summed E-state index contributed by atoms with van der Waals surface area (Å²) < 4.78 is 33.9. The topological polar surface area (TPSA) is 239 Å². The first kappa shape index (κ1) is 33.1. The molecule has 1 heterocycles. The lowest BCUT2D eigenvalue weighted by Gasteiger charge is -2.44.